The van der Waals surface area contributed by atoms with Crippen LogP contribution in [0, 0.1) is 5.82 Å². The highest BCUT2D eigenvalue weighted by Crippen LogP contribution is 2.20. The number of carboxylic acid groups (broad SMARTS) is 1. The van der Waals surface area contributed by atoms with E-state index in [0.717, 1.165) is 4.90 Å². The summed E-state index contributed by atoms with van der Waals surface area (Å²) in [5.41, 5.74) is 1.04. The van der Waals surface area contributed by atoms with E-state index in [1.54, 1.807) is 23.7 Å². The number of carbonyl (C=O) groups excluding carboxylic acids is 1. The minimum atomic E-state index is -1.08. The van der Waals surface area contributed by atoms with Gasteiger partial charge in [-0.15, -0.1) is 0 Å². The lowest BCUT2D eigenvalue weighted by atomic mass is 10.2. The molecule has 1 amide bonds. The van der Waals surface area contributed by atoms with Gasteiger partial charge in [0.15, 0.2) is 0 Å². The number of aromatic nitrogens is 1. The molecule has 1 aromatic carbocycles. The van der Waals surface area contributed by atoms with Crippen LogP contribution in [0.25, 0.3) is 10.9 Å². The van der Waals surface area contributed by atoms with E-state index in [-0.39, 0.29) is 12.4 Å². The van der Waals surface area contributed by atoms with E-state index in [0.29, 0.717) is 16.6 Å². The molecule has 0 bridgehead atoms. The monoisotopic (exact) mass is 264 g/mol. The lowest BCUT2D eigenvalue weighted by molar-refractivity contribution is -0.137. The van der Waals surface area contributed by atoms with Gasteiger partial charge >= 0.3 is 5.97 Å². The van der Waals surface area contributed by atoms with E-state index in [9.17, 15) is 14.0 Å². The fourth-order valence-electron chi connectivity index (χ4n) is 2.00. The van der Waals surface area contributed by atoms with Crippen LogP contribution in [0.1, 0.15) is 10.5 Å². The van der Waals surface area contributed by atoms with Crippen LogP contribution in [-0.4, -0.2) is 40.0 Å². The fourth-order valence-corrected chi connectivity index (χ4v) is 2.00. The Morgan fingerprint density at radius 1 is 1.37 bits per heavy atom. The summed E-state index contributed by atoms with van der Waals surface area (Å²) in [6.45, 7) is -0.380. The van der Waals surface area contributed by atoms with Crippen LogP contribution in [0.5, 0.6) is 0 Å². The summed E-state index contributed by atoms with van der Waals surface area (Å²) in [4.78, 5) is 23.8. The fraction of sp³-hybridized carbons (Fsp3) is 0.231. The summed E-state index contributed by atoms with van der Waals surface area (Å²) in [5.74, 6) is -1.88. The summed E-state index contributed by atoms with van der Waals surface area (Å²) in [5, 5.41) is 9.28. The lowest BCUT2D eigenvalue weighted by Gasteiger charge is -2.14. The number of hydrogen-bond acceptors (Lipinski definition) is 2. The summed E-state index contributed by atoms with van der Waals surface area (Å²) in [6, 6.07) is 5.79. The van der Waals surface area contributed by atoms with E-state index in [4.69, 9.17) is 5.11 Å². The topological polar surface area (TPSA) is 62.5 Å². The number of aliphatic carboxylic acids is 1. The third-order valence-electron chi connectivity index (χ3n) is 2.94. The summed E-state index contributed by atoms with van der Waals surface area (Å²) in [6.07, 6.45) is 0. The average Bonchev–Trinajstić information content (AvgIpc) is 2.64. The second kappa shape index (κ2) is 4.72. The predicted octanol–water partition coefficient (Wildman–Crippen LogP) is 1.47. The maximum atomic E-state index is 13.1. The van der Waals surface area contributed by atoms with Crippen molar-refractivity contribution in [3.8, 4) is 0 Å². The van der Waals surface area contributed by atoms with Gasteiger partial charge in [-0.2, -0.15) is 0 Å². The molecule has 0 unspecified atom stereocenters. The van der Waals surface area contributed by atoms with E-state index >= 15 is 0 Å². The van der Waals surface area contributed by atoms with Crippen molar-refractivity contribution < 1.29 is 19.1 Å². The normalized spacial score (nSPS) is 10.7. The van der Waals surface area contributed by atoms with Gasteiger partial charge in [0.2, 0.25) is 0 Å². The molecule has 1 N–H and O–H groups in total. The molecule has 6 heteroatoms. The number of nitrogens with zero attached hydrogens (tertiary/aromatic N) is 2. The van der Waals surface area contributed by atoms with Crippen LogP contribution in [0.4, 0.5) is 4.39 Å². The smallest absolute Gasteiger partial charge is 0.323 e. The van der Waals surface area contributed by atoms with Crippen molar-refractivity contribution in [3.05, 3.63) is 35.8 Å². The molecule has 0 aliphatic rings. The van der Waals surface area contributed by atoms with Gasteiger partial charge < -0.3 is 14.6 Å². The van der Waals surface area contributed by atoms with E-state index in [1.165, 1.54) is 19.2 Å². The Kier molecular flexibility index (Phi) is 3.25. The molecule has 5 nitrogen and oxygen atoms in total. The van der Waals surface area contributed by atoms with Crippen molar-refractivity contribution in [1.29, 1.82) is 0 Å². The quantitative estimate of drug-likeness (QED) is 0.913. The van der Waals surface area contributed by atoms with Crippen LogP contribution >= 0.6 is 0 Å². The highest BCUT2D eigenvalue weighted by atomic mass is 19.1. The minimum absolute atomic E-state index is 0.323. The van der Waals surface area contributed by atoms with Gasteiger partial charge in [0.25, 0.3) is 5.91 Å². The molecule has 1 heterocycles. The Morgan fingerprint density at radius 2 is 2.05 bits per heavy atom. The van der Waals surface area contributed by atoms with Crippen molar-refractivity contribution in [1.82, 2.24) is 9.47 Å². The Balaban J connectivity index is 2.42. The third kappa shape index (κ3) is 2.42. The number of amides is 1. The molecule has 0 aliphatic heterocycles. The Morgan fingerprint density at radius 3 is 2.68 bits per heavy atom. The molecule has 0 atom stereocenters. The lowest BCUT2D eigenvalue weighted by Crippen LogP contribution is -2.33. The Hall–Kier alpha value is -2.37. The first-order chi connectivity index (χ1) is 8.90. The first kappa shape index (κ1) is 13.1. The minimum Gasteiger partial charge on any atom is -0.480 e. The van der Waals surface area contributed by atoms with Gasteiger partial charge in [0.1, 0.15) is 18.1 Å². The Labute approximate surface area is 108 Å². The van der Waals surface area contributed by atoms with Gasteiger partial charge in [0, 0.05) is 25.0 Å². The van der Waals surface area contributed by atoms with Crippen LogP contribution in [-0.2, 0) is 11.8 Å². The van der Waals surface area contributed by atoms with Crippen LogP contribution in [0.15, 0.2) is 24.3 Å². The van der Waals surface area contributed by atoms with Crippen molar-refractivity contribution in [2.24, 2.45) is 7.05 Å². The molecule has 0 radical (unpaired) electrons. The molecule has 1 aromatic heterocycles. The highest BCUT2D eigenvalue weighted by Gasteiger charge is 2.19. The number of hydrogen-bond donors (Lipinski definition) is 1. The van der Waals surface area contributed by atoms with E-state index in [2.05, 4.69) is 0 Å². The maximum absolute atomic E-state index is 13.1. The maximum Gasteiger partial charge on any atom is 0.323 e. The van der Waals surface area contributed by atoms with Crippen LogP contribution in [0.2, 0.25) is 0 Å². The van der Waals surface area contributed by atoms with Crippen molar-refractivity contribution >= 4 is 22.8 Å². The zero-order chi connectivity index (χ0) is 14.2. The largest absolute Gasteiger partial charge is 0.480 e. The number of likely N-dealkylation sites (N-methyl/N-ethyl adjacent to an activating group) is 1. The van der Waals surface area contributed by atoms with Crippen molar-refractivity contribution in [3.63, 3.8) is 0 Å². The second-order valence-corrected chi connectivity index (χ2v) is 4.35. The molecule has 0 saturated heterocycles. The number of fused-ring (bicyclic) bond motifs is 1. The first-order valence-electron chi connectivity index (χ1n) is 5.62. The molecule has 0 saturated carbocycles. The highest BCUT2D eigenvalue weighted by molar-refractivity contribution is 5.99. The zero-order valence-electron chi connectivity index (χ0n) is 10.6. The molecule has 19 heavy (non-hydrogen) atoms. The van der Waals surface area contributed by atoms with Gasteiger partial charge in [-0.3, -0.25) is 9.59 Å². The summed E-state index contributed by atoms with van der Waals surface area (Å²) >= 11 is 0. The standard InChI is InChI=1S/C13H13FN2O3/c1-15(7-12(17)18)13(19)11-6-8-5-9(14)3-4-10(8)16(11)2/h3-6H,7H2,1-2H3,(H,17,18). The van der Waals surface area contributed by atoms with E-state index < -0.39 is 11.9 Å². The molecule has 0 spiro atoms. The van der Waals surface area contributed by atoms with Gasteiger partial charge in [-0.25, -0.2) is 4.39 Å². The third-order valence-corrected chi connectivity index (χ3v) is 2.94. The molecule has 2 rings (SSSR count). The van der Waals surface area contributed by atoms with Crippen LogP contribution in [0.3, 0.4) is 0 Å². The number of rotatable bonds is 3. The van der Waals surface area contributed by atoms with Gasteiger partial charge in [-0.1, -0.05) is 0 Å². The average molecular weight is 264 g/mol. The van der Waals surface area contributed by atoms with Crippen LogP contribution < -0.4 is 0 Å². The van der Waals surface area contributed by atoms with Gasteiger partial charge in [0.05, 0.1) is 0 Å². The molecule has 0 fully saturated rings. The summed E-state index contributed by atoms with van der Waals surface area (Å²) in [7, 11) is 3.09. The number of carbonyl (C=O) groups is 2. The van der Waals surface area contributed by atoms with Crippen molar-refractivity contribution in [2.45, 2.75) is 0 Å². The molecular formula is C13H13FN2O3. The molecule has 100 valence electrons. The Bertz CT molecular complexity index is 663. The van der Waals surface area contributed by atoms with Gasteiger partial charge in [-0.05, 0) is 24.3 Å². The number of halogens is 1. The first-order valence-corrected chi connectivity index (χ1v) is 5.62. The van der Waals surface area contributed by atoms with Crippen molar-refractivity contribution in [2.75, 3.05) is 13.6 Å². The predicted molar refractivity (Wildman–Crippen MR) is 67.5 cm³/mol. The van der Waals surface area contributed by atoms with E-state index in [1.807, 2.05) is 0 Å². The zero-order valence-corrected chi connectivity index (χ0v) is 10.6. The number of aryl methyl sites for hydroxylation is 1. The SMILES string of the molecule is CN(CC(=O)O)C(=O)c1cc2cc(F)ccc2n1C. The number of carboxylic acids is 1. The molecule has 2 aromatic rings. The summed E-state index contributed by atoms with van der Waals surface area (Å²) < 4.78 is 14.7. The molecular weight excluding hydrogens is 251 g/mol. The number of benzene rings is 1. The second-order valence-electron chi connectivity index (χ2n) is 4.35. The molecule has 0 aliphatic carbocycles.